The fourth-order valence-electron chi connectivity index (χ4n) is 3.88. The van der Waals surface area contributed by atoms with E-state index in [0.29, 0.717) is 34.4 Å². The molecule has 3 N–H and O–H groups in total. The van der Waals surface area contributed by atoms with E-state index in [1.54, 1.807) is 43.3 Å². The smallest absolute Gasteiger partial charge is 0.365 e. The third-order valence-corrected chi connectivity index (χ3v) is 6.84. The van der Waals surface area contributed by atoms with Gasteiger partial charge >= 0.3 is 6.18 Å². The Balaban J connectivity index is 1.63. The van der Waals surface area contributed by atoms with Crippen molar-refractivity contribution in [3.05, 3.63) is 64.8 Å². The normalized spacial score (nSPS) is 13.2. The molecule has 0 unspecified atom stereocenters. The molecule has 13 heteroatoms. The third-order valence-electron chi connectivity index (χ3n) is 5.66. The van der Waals surface area contributed by atoms with Gasteiger partial charge in [0.2, 0.25) is 21.9 Å². The van der Waals surface area contributed by atoms with Gasteiger partial charge in [-0.3, -0.25) is 9.10 Å². The summed E-state index contributed by atoms with van der Waals surface area (Å²) in [6, 6.07) is 10.1. The number of halogens is 3. The van der Waals surface area contributed by atoms with Gasteiger partial charge in [-0.15, -0.1) is 0 Å². The third kappa shape index (κ3) is 5.35. The van der Waals surface area contributed by atoms with Crippen LogP contribution in [0.25, 0.3) is 0 Å². The van der Waals surface area contributed by atoms with Crippen LogP contribution in [-0.4, -0.2) is 37.6 Å². The Bertz CT molecular complexity index is 1440. The highest BCUT2D eigenvalue weighted by Gasteiger charge is 2.35. The van der Waals surface area contributed by atoms with Gasteiger partial charge in [-0.1, -0.05) is 18.2 Å². The van der Waals surface area contributed by atoms with Crippen molar-refractivity contribution in [1.29, 1.82) is 0 Å². The highest BCUT2D eigenvalue weighted by atomic mass is 32.2. The summed E-state index contributed by atoms with van der Waals surface area (Å²) in [6.45, 7) is 1.59. The lowest BCUT2D eigenvalue weighted by Gasteiger charge is -2.23. The molecule has 2 heterocycles. The standard InChI is InChI=1S/C23H23F3N6O3S/c1-13-5-4-6-14(20(13)32(2)36(3,34)35)11-27-21-17(23(24,25)26)12-28-22(31-21)29-16-7-8-18-15(9-16)10-19(33)30-18/h4-9,12H,10-11H2,1-3H3,(H,30,33)(H2,27,28,29,31). The first kappa shape index (κ1) is 25.2. The number of sulfonamides is 1. The number of aromatic nitrogens is 2. The van der Waals surface area contributed by atoms with Crippen molar-refractivity contribution < 1.29 is 26.4 Å². The maximum absolute atomic E-state index is 13.7. The Hall–Kier alpha value is -3.87. The molecule has 3 aromatic rings. The lowest BCUT2D eigenvalue weighted by molar-refractivity contribution is -0.137. The molecule has 9 nitrogen and oxygen atoms in total. The molecule has 0 bridgehead atoms. The summed E-state index contributed by atoms with van der Waals surface area (Å²) in [5.41, 5.74) is 2.35. The number of para-hydroxylation sites is 1. The summed E-state index contributed by atoms with van der Waals surface area (Å²) in [5.74, 6) is -0.690. The van der Waals surface area contributed by atoms with E-state index in [2.05, 4.69) is 25.9 Å². The average Bonchev–Trinajstić information content (AvgIpc) is 3.15. The van der Waals surface area contributed by atoms with Crippen molar-refractivity contribution in [1.82, 2.24) is 9.97 Å². The Morgan fingerprint density at radius 3 is 2.64 bits per heavy atom. The Kier molecular flexibility index (Phi) is 6.52. The minimum atomic E-state index is -4.72. The molecule has 1 amide bonds. The summed E-state index contributed by atoms with van der Waals surface area (Å²) in [7, 11) is -2.22. The van der Waals surface area contributed by atoms with Gasteiger partial charge in [0.25, 0.3) is 0 Å². The van der Waals surface area contributed by atoms with E-state index in [9.17, 15) is 26.4 Å². The average molecular weight is 521 g/mol. The van der Waals surface area contributed by atoms with Gasteiger partial charge in [0.1, 0.15) is 11.4 Å². The number of fused-ring (bicyclic) bond motifs is 1. The minimum absolute atomic E-state index is 0.0829. The molecule has 0 fully saturated rings. The van der Waals surface area contributed by atoms with Gasteiger partial charge in [-0.25, -0.2) is 13.4 Å². The van der Waals surface area contributed by atoms with E-state index < -0.39 is 27.6 Å². The number of anilines is 5. The molecular weight excluding hydrogens is 497 g/mol. The summed E-state index contributed by atoms with van der Waals surface area (Å²) in [4.78, 5) is 19.4. The first-order valence-corrected chi connectivity index (χ1v) is 12.6. The maximum Gasteiger partial charge on any atom is 0.421 e. The second kappa shape index (κ2) is 9.30. The molecule has 0 saturated carbocycles. The van der Waals surface area contributed by atoms with Crippen molar-refractivity contribution in [2.24, 2.45) is 0 Å². The van der Waals surface area contributed by atoms with E-state index in [0.717, 1.165) is 16.1 Å². The number of aryl methyl sites for hydroxylation is 1. The molecule has 36 heavy (non-hydrogen) atoms. The number of benzene rings is 2. The van der Waals surface area contributed by atoms with E-state index in [1.165, 1.54) is 7.05 Å². The minimum Gasteiger partial charge on any atom is -0.365 e. The molecule has 0 spiro atoms. The fourth-order valence-corrected chi connectivity index (χ4v) is 4.47. The second-order valence-electron chi connectivity index (χ2n) is 8.34. The number of carbonyl (C=O) groups excluding carboxylic acids is 1. The molecule has 0 aliphatic carbocycles. The fraction of sp³-hybridized carbons (Fsp3) is 0.261. The molecule has 2 aromatic carbocycles. The number of hydrogen-bond donors (Lipinski definition) is 3. The number of alkyl halides is 3. The highest BCUT2D eigenvalue weighted by Crippen LogP contribution is 2.35. The van der Waals surface area contributed by atoms with Crippen molar-refractivity contribution >= 4 is 44.8 Å². The van der Waals surface area contributed by atoms with Gasteiger partial charge in [0.05, 0.1) is 18.4 Å². The van der Waals surface area contributed by atoms with Crippen LogP contribution in [0.3, 0.4) is 0 Å². The van der Waals surface area contributed by atoms with Gasteiger partial charge in [0.15, 0.2) is 0 Å². The lowest BCUT2D eigenvalue weighted by atomic mass is 10.1. The first-order valence-electron chi connectivity index (χ1n) is 10.7. The zero-order valence-electron chi connectivity index (χ0n) is 19.6. The molecular formula is C23H23F3N6O3S. The molecule has 1 aliphatic heterocycles. The predicted octanol–water partition coefficient (Wildman–Crippen LogP) is 4.05. The summed E-state index contributed by atoms with van der Waals surface area (Å²) >= 11 is 0. The van der Waals surface area contributed by atoms with Crippen LogP contribution >= 0.6 is 0 Å². The van der Waals surface area contributed by atoms with Crippen molar-refractivity contribution in [2.75, 3.05) is 33.6 Å². The van der Waals surface area contributed by atoms with Crippen molar-refractivity contribution in [3.8, 4) is 0 Å². The van der Waals surface area contributed by atoms with Crippen LogP contribution < -0.4 is 20.3 Å². The van der Waals surface area contributed by atoms with Crippen LogP contribution in [0.4, 0.5) is 42.0 Å². The van der Waals surface area contributed by atoms with Crippen LogP contribution in [0.5, 0.6) is 0 Å². The Labute approximate surface area is 205 Å². The zero-order valence-corrected chi connectivity index (χ0v) is 20.4. The lowest BCUT2D eigenvalue weighted by Crippen LogP contribution is -2.27. The quantitative estimate of drug-likeness (QED) is 0.430. The van der Waals surface area contributed by atoms with Crippen LogP contribution in [-0.2, 0) is 34.0 Å². The number of carbonyl (C=O) groups is 1. The SMILES string of the molecule is Cc1cccc(CNc2nc(Nc3ccc4c(c3)CC(=O)N4)ncc2C(F)(F)F)c1N(C)S(C)(=O)=O. The topological polar surface area (TPSA) is 116 Å². The predicted molar refractivity (Wildman–Crippen MR) is 131 cm³/mol. The largest absolute Gasteiger partial charge is 0.421 e. The van der Waals surface area contributed by atoms with Gasteiger partial charge in [-0.05, 0) is 41.8 Å². The van der Waals surface area contributed by atoms with Crippen molar-refractivity contribution in [3.63, 3.8) is 0 Å². The summed E-state index contributed by atoms with van der Waals surface area (Å²) in [6.07, 6.45) is -2.80. The molecule has 1 aromatic heterocycles. The van der Waals surface area contributed by atoms with E-state index in [1.807, 2.05) is 0 Å². The first-order chi connectivity index (χ1) is 16.8. The number of hydrogen-bond acceptors (Lipinski definition) is 7. The van der Waals surface area contributed by atoms with E-state index in [-0.39, 0.29) is 24.8 Å². The van der Waals surface area contributed by atoms with Gasteiger partial charge < -0.3 is 16.0 Å². The zero-order chi connectivity index (χ0) is 26.3. The summed E-state index contributed by atoms with van der Waals surface area (Å²) in [5, 5.41) is 8.27. The van der Waals surface area contributed by atoms with E-state index in [4.69, 9.17) is 0 Å². The van der Waals surface area contributed by atoms with Crippen LogP contribution in [0.1, 0.15) is 22.3 Å². The number of amides is 1. The summed E-state index contributed by atoms with van der Waals surface area (Å²) < 4.78 is 66.3. The highest BCUT2D eigenvalue weighted by molar-refractivity contribution is 7.92. The molecule has 0 radical (unpaired) electrons. The van der Waals surface area contributed by atoms with Crippen LogP contribution in [0, 0.1) is 6.92 Å². The van der Waals surface area contributed by atoms with Gasteiger partial charge in [-0.2, -0.15) is 18.2 Å². The monoisotopic (exact) mass is 520 g/mol. The molecule has 0 saturated heterocycles. The van der Waals surface area contributed by atoms with E-state index >= 15 is 0 Å². The number of nitrogens with zero attached hydrogens (tertiary/aromatic N) is 3. The maximum atomic E-state index is 13.7. The molecule has 190 valence electrons. The van der Waals surface area contributed by atoms with Crippen LogP contribution in [0.2, 0.25) is 0 Å². The van der Waals surface area contributed by atoms with Crippen molar-refractivity contribution in [2.45, 2.75) is 26.1 Å². The van der Waals surface area contributed by atoms with Gasteiger partial charge in [0, 0.05) is 31.2 Å². The number of rotatable bonds is 7. The molecule has 4 rings (SSSR count). The van der Waals surface area contributed by atoms with Crippen LogP contribution in [0.15, 0.2) is 42.6 Å². The Morgan fingerprint density at radius 2 is 1.94 bits per heavy atom. The molecule has 1 aliphatic rings. The Morgan fingerprint density at radius 1 is 1.19 bits per heavy atom. The number of nitrogens with one attached hydrogen (secondary N) is 3. The second-order valence-corrected chi connectivity index (χ2v) is 10.4. The molecule has 0 atom stereocenters.